The van der Waals surface area contributed by atoms with E-state index in [1.807, 2.05) is 0 Å². The molecule has 3 rings (SSSR count). The van der Waals surface area contributed by atoms with E-state index in [1.54, 1.807) is 0 Å². The van der Waals surface area contributed by atoms with Crippen molar-refractivity contribution < 1.29 is 0 Å². The number of nitrogens with zero attached hydrogens (tertiary/aromatic N) is 1. The second-order valence-corrected chi connectivity index (χ2v) is 6.40. The van der Waals surface area contributed by atoms with Gasteiger partial charge in [-0.3, -0.25) is 4.90 Å². The van der Waals surface area contributed by atoms with Crippen molar-refractivity contribution in [3.8, 4) is 0 Å². The van der Waals surface area contributed by atoms with Crippen molar-refractivity contribution in [2.24, 2.45) is 11.7 Å². The number of nitrogens with two attached hydrogens (primary N) is 1. The summed E-state index contributed by atoms with van der Waals surface area (Å²) in [6.45, 7) is 5.34. The van der Waals surface area contributed by atoms with Crippen LogP contribution in [0, 0.1) is 5.92 Å². The standard InChI is InChI=1S/C17H26N2/c1-2-14-7-9-17(13-18,10-8-14)19-11-15-5-3-4-6-16(15)12-19/h3-6,14H,2,7-13,18H2,1H3. The fraction of sp³-hybridized carbons (Fsp3) is 0.647. The molecule has 2 heteroatoms. The van der Waals surface area contributed by atoms with E-state index in [9.17, 15) is 0 Å². The summed E-state index contributed by atoms with van der Waals surface area (Å²) in [5, 5.41) is 0. The maximum absolute atomic E-state index is 6.20. The zero-order valence-corrected chi connectivity index (χ0v) is 12.1. The minimum Gasteiger partial charge on any atom is -0.329 e. The highest BCUT2D eigenvalue weighted by Crippen LogP contribution is 2.40. The lowest BCUT2D eigenvalue weighted by Gasteiger charge is -2.46. The Morgan fingerprint density at radius 2 is 1.74 bits per heavy atom. The molecule has 0 saturated heterocycles. The van der Waals surface area contributed by atoms with Gasteiger partial charge in [0.25, 0.3) is 0 Å². The Morgan fingerprint density at radius 3 is 2.21 bits per heavy atom. The second-order valence-electron chi connectivity index (χ2n) is 6.40. The Balaban J connectivity index is 1.75. The van der Waals surface area contributed by atoms with Gasteiger partial charge >= 0.3 is 0 Å². The molecule has 1 heterocycles. The third-order valence-corrected chi connectivity index (χ3v) is 5.50. The molecular weight excluding hydrogens is 232 g/mol. The van der Waals surface area contributed by atoms with Crippen molar-refractivity contribution in [1.82, 2.24) is 4.90 Å². The number of hydrogen-bond acceptors (Lipinski definition) is 2. The quantitative estimate of drug-likeness (QED) is 0.901. The van der Waals surface area contributed by atoms with Gasteiger partial charge in [-0.2, -0.15) is 0 Å². The van der Waals surface area contributed by atoms with E-state index in [1.165, 1.54) is 43.2 Å². The summed E-state index contributed by atoms with van der Waals surface area (Å²) in [6, 6.07) is 8.87. The molecule has 2 N–H and O–H groups in total. The Morgan fingerprint density at radius 1 is 1.16 bits per heavy atom. The zero-order chi connectivity index (χ0) is 13.3. The molecule has 1 saturated carbocycles. The van der Waals surface area contributed by atoms with Gasteiger partial charge in [-0.15, -0.1) is 0 Å². The second kappa shape index (κ2) is 5.26. The zero-order valence-electron chi connectivity index (χ0n) is 12.1. The molecule has 1 fully saturated rings. The Labute approximate surface area is 117 Å². The smallest absolute Gasteiger partial charge is 0.0339 e. The first-order valence-electron chi connectivity index (χ1n) is 7.79. The number of fused-ring (bicyclic) bond motifs is 1. The van der Waals surface area contributed by atoms with E-state index in [4.69, 9.17) is 5.73 Å². The molecule has 1 aromatic rings. The molecule has 0 unspecified atom stereocenters. The first kappa shape index (κ1) is 13.1. The van der Waals surface area contributed by atoms with Gasteiger partial charge in [-0.25, -0.2) is 0 Å². The van der Waals surface area contributed by atoms with Gasteiger partial charge < -0.3 is 5.73 Å². The Hall–Kier alpha value is -0.860. The first-order chi connectivity index (χ1) is 9.27. The van der Waals surface area contributed by atoms with Crippen molar-refractivity contribution in [3.05, 3.63) is 35.4 Å². The largest absolute Gasteiger partial charge is 0.329 e. The predicted molar refractivity (Wildman–Crippen MR) is 79.7 cm³/mol. The summed E-state index contributed by atoms with van der Waals surface area (Å²) >= 11 is 0. The number of hydrogen-bond donors (Lipinski definition) is 1. The molecule has 0 radical (unpaired) electrons. The summed E-state index contributed by atoms with van der Waals surface area (Å²) in [5.41, 5.74) is 9.48. The SMILES string of the molecule is CCC1CCC(CN)(N2Cc3ccccc3C2)CC1. The van der Waals surface area contributed by atoms with Crippen molar-refractivity contribution in [1.29, 1.82) is 0 Å². The first-order valence-corrected chi connectivity index (χ1v) is 7.79. The van der Waals surface area contributed by atoms with Crippen molar-refractivity contribution in [2.75, 3.05) is 6.54 Å². The average molecular weight is 258 g/mol. The molecular formula is C17H26N2. The van der Waals surface area contributed by atoms with E-state index < -0.39 is 0 Å². The van der Waals surface area contributed by atoms with Crippen LogP contribution in [-0.4, -0.2) is 17.0 Å². The molecule has 0 aromatic heterocycles. The molecule has 1 aliphatic carbocycles. The van der Waals surface area contributed by atoms with Crippen molar-refractivity contribution in [3.63, 3.8) is 0 Å². The molecule has 0 spiro atoms. The van der Waals surface area contributed by atoms with Gasteiger partial charge in [-0.05, 0) is 42.7 Å². The van der Waals surface area contributed by atoms with Gasteiger partial charge in [-0.1, -0.05) is 37.6 Å². The lowest BCUT2D eigenvalue weighted by Crippen LogP contribution is -2.53. The molecule has 1 aromatic carbocycles. The molecule has 104 valence electrons. The highest BCUT2D eigenvalue weighted by atomic mass is 15.2. The van der Waals surface area contributed by atoms with Gasteiger partial charge in [0.2, 0.25) is 0 Å². The van der Waals surface area contributed by atoms with Crippen LogP contribution in [0.1, 0.15) is 50.2 Å². The van der Waals surface area contributed by atoms with Crippen LogP contribution in [0.4, 0.5) is 0 Å². The lowest BCUT2D eigenvalue weighted by molar-refractivity contribution is 0.0384. The summed E-state index contributed by atoms with van der Waals surface area (Å²) in [5.74, 6) is 0.935. The van der Waals surface area contributed by atoms with Gasteiger partial charge in [0.15, 0.2) is 0 Å². The van der Waals surface area contributed by atoms with E-state index in [-0.39, 0.29) is 5.54 Å². The molecule has 0 atom stereocenters. The highest BCUT2D eigenvalue weighted by Gasteiger charge is 2.40. The van der Waals surface area contributed by atoms with Gasteiger partial charge in [0, 0.05) is 25.2 Å². The van der Waals surface area contributed by atoms with E-state index >= 15 is 0 Å². The van der Waals surface area contributed by atoms with Crippen LogP contribution in [-0.2, 0) is 13.1 Å². The minimum atomic E-state index is 0.269. The maximum atomic E-state index is 6.20. The summed E-state index contributed by atoms with van der Waals surface area (Å²) in [6.07, 6.45) is 6.63. The van der Waals surface area contributed by atoms with Crippen LogP contribution in [0.15, 0.2) is 24.3 Å². The van der Waals surface area contributed by atoms with Crippen LogP contribution < -0.4 is 5.73 Å². The summed E-state index contributed by atoms with van der Waals surface area (Å²) in [7, 11) is 0. The molecule has 1 aliphatic heterocycles. The minimum absolute atomic E-state index is 0.269. The van der Waals surface area contributed by atoms with E-state index in [2.05, 4.69) is 36.1 Å². The van der Waals surface area contributed by atoms with Crippen molar-refractivity contribution >= 4 is 0 Å². The molecule has 0 amide bonds. The highest BCUT2D eigenvalue weighted by molar-refractivity contribution is 5.31. The fourth-order valence-electron chi connectivity index (χ4n) is 3.94. The van der Waals surface area contributed by atoms with Crippen LogP contribution in [0.2, 0.25) is 0 Å². The average Bonchev–Trinajstić information content (AvgIpc) is 2.92. The number of rotatable bonds is 3. The monoisotopic (exact) mass is 258 g/mol. The Bertz CT molecular complexity index is 408. The van der Waals surface area contributed by atoms with Crippen molar-refractivity contribution in [2.45, 2.75) is 57.7 Å². The normalized spacial score (nSPS) is 31.4. The van der Waals surface area contributed by atoms with Crippen LogP contribution in [0.5, 0.6) is 0 Å². The van der Waals surface area contributed by atoms with Crippen LogP contribution in [0.3, 0.4) is 0 Å². The Kier molecular flexibility index (Phi) is 3.64. The third kappa shape index (κ3) is 2.32. The summed E-state index contributed by atoms with van der Waals surface area (Å²) in [4.78, 5) is 2.66. The molecule has 2 nitrogen and oxygen atoms in total. The topological polar surface area (TPSA) is 29.3 Å². The van der Waals surface area contributed by atoms with Gasteiger partial charge in [0.1, 0.15) is 0 Å². The molecule has 0 bridgehead atoms. The third-order valence-electron chi connectivity index (χ3n) is 5.50. The van der Waals surface area contributed by atoms with E-state index in [0.717, 1.165) is 25.6 Å². The van der Waals surface area contributed by atoms with Gasteiger partial charge in [0.05, 0.1) is 0 Å². The van der Waals surface area contributed by atoms with E-state index in [0.29, 0.717) is 0 Å². The maximum Gasteiger partial charge on any atom is 0.0339 e. The lowest BCUT2D eigenvalue weighted by atomic mass is 9.74. The van der Waals surface area contributed by atoms with Crippen LogP contribution >= 0.6 is 0 Å². The molecule has 19 heavy (non-hydrogen) atoms. The number of benzene rings is 1. The predicted octanol–water partition coefficient (Wildman–Crippen LogP) is 3.30. The molecule has 2 aliphatic rings. The fourth-order valence-corrected chi connectivity index (χ4v) is 3.94. The van der Waals surface area contributed by atoms with Crippen LogP contribution in [0.25, 0.3) is 0 Å². The summed E-state index contributed by atoms with van der Waals surface area (Å²) < 4.78 is 0.